The second-order valence-corrected chi connectivity index (χ2v) is 28.7. The van der Waals surface area contributed by atoms with Gasteiger partial charge >= 0.3 is 47.9 Å². The van der Waals surface area contributed by atoms with Crippen molar-refractivity contribution in [2.24, 2.45) is 15.9 Å². The molecule has 5 fully saturated rings. The van der Waals surface area contributed by atoms with Crippen molar-refractivity contribution in [2.45, 2.75) is 92.9 Å². The summed E-state index contributed by atoms with van der Waals surface area (Å²) in [7, 11) is -11.4. The van der Waals surface area contributed by atoms with Crippen LogP contribution in [0.1, 0.15) is 75.3 Å². The summed E-state index contributed by atoms with van der Waals surface area (Å²) in [6.07, 6.45) is -2.74. The Morgan fingerprint density at radius 1 is 0.650 bits per heavy atom. The summed E-state index contributed by atoms with van der Waals surface area (Å²) < 4.78 is 159. The fourth-order valence-electron chi connectivity index (χ4n) is 6.05. The van der Waals surface area contributed by atoms with Crippen molar-refractivity contribution in [1.82, 2.24) is 11.5 Å². The van der Waals surface area contributed by atoms with Gasteiger partial charge in [-0.1, -0.05) is 40.0 Å². The Morgan fingerprint density at radius 3 is 1.30 bits per heavy atom. The SMILES string of the molecule is ClC(Cl)Cl.N.NC1CCS(=O)(=O)CC1.O.O=C(Nc1ccc(C(F)(F)F)cc1)NC1CCS(=O)(=O)CC1.O=C1CCS(=O)(=O)CC1.O=C1CCSCC1.O=C=Nc1ccc(C(F)(F)F)cc1.O=S1(=O)CCC(=NO)CC1.OO.[Na+].[OH-]. The van der Waals surface area contributed by atoms with E-state index in [0.717, 1.165) is 72.9 Å². The van der Waals surface area contributed by atoms with E-state index in [0.29, 0.717) is 50.0 Å². The third-order valence-corrected chi connectivity index (χ3v) is 18.0. The van der Waals surface area contributed by atoms with Gasteiger partial charge in [0, 0.05) is 67.8 Å². The minimum absolute atomic E-state index is 0. The Morgan fingerprint density at radius 2 is 0.988 bits per heavy atom. The summed E-state index contributed by atoms with van der Waals surface area (Å²) in [5, 5.41) is 28.3. The van der Waals surface area contributed by atoms with Gasteiger partial charge in [0.05, 0.1) is 68.5 Å². The maximum atomic E-state index is 12.4. The summed E-state index contributed by atoms with van der Waals surface area (Å²) in [5.41, 5.74) is 4.91. The number of sulfone groups is 4. The number of isocyanates is 1. The quantitative estimate of drug-likeness (QED) is 0.0337. The third kappa shape index (κ3) is 43.0. The van der Waals surface area contributed by atoms with Crippen LogP contribution in [0, 0.1) is 0 Å². The van der Waals surface area contributed by atoms with Crippen LogP contribution < -0.4 is 52.1 Å². The van der Waals surface area contributed by atoms with Crippen molar-refractivity contribution in [1.29, 1.82) is 0 Å². The van der Waals surface area contributed by atoms with Gasteiger partial charge in [0.15, 0.2) is 24.0 Å². The van der Waals surface area contributed by atoms with Crippen LogP contribution in [0.5, 0.6) is 0 Å². The number of aliphatic imine (C=N–C) groups is 1. The minimum atomic E-state index is -4.42. The fourth-order valence-corrected chi connectivity index (χ4v) is 12.6. The second kappa shape index (κ2) is 43.0. The van der Waals surface area contributed by atoms with Crippen molar-refractivity contribution < 1.29 is 135 Å². The molecule has 0 aromatic heterocycles. The first-order valence-corrected chi connectivity index (χ1v) is 31.9. The van der Waals surface area contributed by atoms with Crippen LogP contribution in [0.15, 0.2) is 58.7 Å². The molecular weight excluding hydrogens is 1260 g/mol. The number of urea groups is 1. The number of nitrogens with zero attached hydrogens (tertiary/aromatic N) is 2. The largest absolute Gasteiger partial charge is 1.00 e. The zero-order valence-electron chi connectivity index (χ0n) is 42.8. The van der Waals surface area contributed by atoms with E-state index in [1.165, 1.54) is 6.08 Å². The smallest absolute Gasteiger partial charge is 0.870 e. The minimum Gasteiger partial charge on any atom is -0.870 e. The number of nitrogens with one attached hydrogen (secondary N) is 2. The third-order valence-electron chi connectivity index (χ3n) is 10.3. The van der Waals surface area contributed by atoms with Crippen LogP contribution in [-0.2, 0) is 66.1 Å². The maximum absolute atomic E-state index is 12.4. The van der Waals surface area contributed by atoms with Crippen molar-refractivity contribution in [3.05, 3.63) is 59.7 Å². The van der Waals surface area contributed by atoms with Crippen molar-refractivity contribution in [3.63, 3.8) is 0 Å². The van der Waals surface area contributed by atoms with Gasteiger partial charge in [-0.05, 0) is 74.2 Å². The van der Waals surface area contributed by atoms with E-state index < -0.39 is 73.2 Å². The summed E-state index contributed by atoms with van der Waals surface area (Å²) in [6, 6.07) is 7.30. The summed E-state index contributed by atoms with van der Waals surface area (Å²) >= 11 is 16.3. The predicted molar refractivity (Wildman–Crippen MR) is 289 cm³/mol. The van der Waals surface area contributed by atoms with E-state index in [-0.39, 0.29) is 135 Å². The topological polar surface area (TPSA) is 437 Å². The number of hydrogen-bond donors (Lipinski definition) is 7. The van der Waals surface area contributed by atoms with E-state index in [4.69, 9.17) is 56.3 Å². The molecule has 2 aromatic rings. The van der Waals surface area contributed by atoms with Gasteiger partial charge in [-0.2, -0.15) is 43.1 Å². The first kappa shape index (κ1) is 86.1. The number of thioether (sulfide) groups is 1. The van der Waals surface area contributed by atoms with E-state index in [1.807, 2.05) is 11.8 Å². The molecular formula is C42H64Cl3F6N6NaO17S5. The van der Waals surface area contributed by atoms with Crippen molar-refractivity contribution in [2.75, 3.05) is 62.8 Å². The molecule has 13 N–H and O–H groups in total. The Bertz CT molecular complexity index is 2600. The first-order valence-electron chi connectivity index (χ1n) is 22.2. The van der Waals surface area contributed by atoms with Gasteiger partial charge in [-0.15, -0.1) is 0 Å². The molecule has 5 heterocycles. The number of ketones is 2. The zero-order chi connectivity index (χ0) is 58.4. The maximum Gasteiger partial charge on any atom is 1.00 e. The molecule has 0 unspecified atom stereocenters. The molecule has 38 heteroatoms. The molecule has 0 bridgehead atoms. The summed E-state index contributed by atoms with van der Waals surface area (Å²) in [4.78, 5) is 45.6. The molecule has 5 saturated heterocycles. The standard InChI is InChI=1S/C13H15F3N2O3S.C8H4F3NO.C5H9NO3S.C5H11NO2S.C5H8O3S.C5H8OS.CHCl3.H3N.Na.H2O2.2H2O/c14-13(15,16)9-1-3-10(4-2-9)17-12(19)18-11-5-7-22(20,21)8-6-11;9-8(10,11)6-1-3-7(4-2-6)12-5-13;7-6-5-1-3-10(8,9)4-2-5;2*6-5-1-3-9(7,8)4-2-5;6-5-1-3-7-4-2-5;2-1(3)4;;;1-2;;/h1-4,11H,5-8H2,(H2,17,18,19);1-4H;7H,1-4H2;5H,1-4,6H2;1-4H2;1-4H2;1H;1H3;;1-2H;2*1H2/q;;;;;;;;+1;;;/p-1. The molecule has 0 saturated carbocycles. The van der Waals surface area contributed by atoms with Crippen LogP contribution in [0.2, 0.25) is 0 Å². The molecule has 0 spiro atoms. The number of carbonyl (C=O) groups excluding carboxylic acids is 4. The second-order valence-electron chi connectivity index (χ2n) is 16.2. The number of halogens is 9. The van der Waals surface area contributed by atoms with E-state index in [1.54, 1.807) is 0 Å². The molecule has 23 nitrogen and oxygen atoms in total. The number of rotatable bonds is 3. The van der Waals surface area contributed by atoms with Gasteiger partial charge < -0.3 is 38.7 Å². The number of amides is 2. The number of benzene rings is 2. The van der Waals surface area contributed by atoms with Crippen LogP contribution in [-0.4, -0.2) is 164 Å². The van der Waals surface area contributed by atoms with Crippen LogP contribution in [0.4, 0.5) is 42.5 Å². The molecule has 5 aliphatic rings. The number of hydrogen-bond acceptors (Lipinski definition) is 21. The Balaban J connectivity index is -0.000000284. The molecule has 458 valence electrons. The van der Waals surface area contributed by atoms with E-state index in [9.17, 15) is 79.2 Å². The normalized spacial score (nSPS) is 18.5. The van der Waals surface area contributed by atoms with Gasteiger partial charge in [0.2, 0.25) is 6.08 Å². The van der Waals surface area contributed by atoms with E-state index in [2.05, 4.69) is 20.8 Å². The number of oxime groups is 1. The van der Waals surface area contributed by atoms with Crippen LogP contribution in [0.3, 0.4) is 0 Å². The molecule has 0 aliphatic carbocycles. The average Bonchev–Trinajstić information content (AvgIpc) is 3.33. The predicted octanol–water partition coefficient (Wildman–Crippen LogP) is 3.64. The molecule has 7 rings (SSSR count). The monoisotopic (exact) mass is 1330 g/mol. The number of anilines is 1. The molecule has 2 amide bonds. The number of carbonyl (C=O) groups is 3. The Hall–Kier alpha value is -2.74. The summed E-state index contributed by atoms with van der Waals surface area (Å²) in [5.74, 6) is 3.64. The van der Waals surface area contributed by atoms with E-state index >= 15 is 0 Å². The number of nitrogens with two attached hydrogens (primary N) is 1. The molecule has 80 heavy (non-hydrogen) atoms. The Kier molecular flexibility index (Phi) is 46.2. The van der Waals surface area contributed by atoms with Crippen molar-refractivity contribution in [3.8, 4) is 0 Å². The molecule has 5 aliphatic heterocycles. The molecule has 2 aromatic carbocycles. The fraction of sp³-hybridized carbons (Fsp3) is 0.595. The molecule has 0 radical (unpaired) electrons. The number of Topliss-reactive ketones (excluding diaryl/α,β-unsaturated/α-hetero) is 2. The number of alkyl halides is 9. The molecule has 0 atom stereocenters. The zero-order valence-corrected chi connectivity index (χ0v) is 51.2. The Labute approximate surface area is 501 Å². The van der Waals surface area contributed by atoms with Gasteiger partial charge in [-0.3, -0.25) is 20.1 Å². The van der Waals surface area contributed by atoms with Crippen LogP contribution >= 0.6 is 46.6 Å². The van der Waals surface area contributed by atoms with Gasteiger partial charge in [0.1, 0.15) is 31.2 Å². The first-order chi connectivity index (χ1) is 35.2. The average molecular weight is 1330 g/mol. The van der Waals surface area contributed by atoms with Crippen LogP contribution in [0.25, 0.3) is 0 Å². The van der Waals surface area contributed by atoms with Gasteiger partial charge in [0.25, 0.3) is 0 Å². The van der Waals surface area contributed by atoms with Crippen molar-refractivity contribution >= 4 is 127 Å². The summed E-state index contributed by atoms with van der Waals surface area (Å²) in [6.45, 7) is 0. The van der Waals surface area contributed by atoms with Gasteiger partial charge in [-0.25, -0.2) is 43.3 Å².